The highest BCUT2D eigenvalue weighted by Gasteiger charge is 2.25. The minimum Gasteiger partial charge on any atom is -0.396 e. The molecule has 0 aliphatic heterocycles. The van der Waals surface area contributed by atoms with E-state index in [0.717, 1.165) is 12.8 Å². The zero-order valence-corrected chi connectivity index (χ0v) is 13.1. The topological polar surface area (TPSA) is 62.2 Å². The van der Waals surface area contributed by atoms with Crippen molar-refractivity contribution < 1.29 is 9.90 Å². The molecular formula is C15H21BrN2O2. The number of hydrogen-bond acceptors (Lipinski definition) is 3. The molecule has 20 heavy (non-hydrogen) atoms. The summed E-state index contributed by atoms with van der Waals surface area (Å²) >= 11 is 3.27. The lowest BCUT2D eigenvalue weighted by atomic mass is 9.82. The number of hydrogen-bond donors (Lipinski definition) is 2. The van der Waals surface area contributed by atoms with E-state index in [2.05, 4.69) is 26.2 Å². The number of aliphatic hydroxyl groups excluding tert-OH is 1. The van der Waals surface area contributed by atoms with E-state index in [-0.39, 0.29) is 18.6 Å². The molecule has 1 heterocycles. The number of halogens is 1. The summed E-state index contributed by atoms with van der Waals surface area (Å²) in [6.07, 6.45) is 8.26. The van der Waals surface area contributed by atoms with Gasteiger partial charge in [-0.25, -0.2) is 4.98 Å². The van der Waals surface area contributed by atoms with Crippen molar-refractivity contribution in [3.05, 3.63) is 28.5 Å². The van der Waals surface area contributed by atoms with E-state index in [1.165, 1.54) is 19.3 Å². The van der Waals surface area contributed by atoms with Crippen LogP contribution in [-0.4, -0.2) is 28.6 Å². The van der Waals surface area contributed by atoms with Crippen LogP contribution in [0, 0.1) is 5.92 Å². The van der Waals surface area contributed by atoms with Gasteiger partial charge in [-0.2, -0.15) is 0 Å². The smallest absolute Gasteiger partial charge is 0.251 e. The fourth-order valence-corrected chi connectivity index (χ4v) is 3.26. The van der Waals surface area contributed by atoms with Gasteiger partial charge in [0.2, 0.25) is 0 Å². The second-order valence-electron chi connectivity index (χ2n) is 5.36. The molecule has 0 spiro atoms. The van der Waals surface area contributed by atoms with Crippen molar-refractivity contribution in [2.24, 2.45) is 5.92 Å². The third-order valence-corrected chi connectivity index (χ3v) is 4.40. The van der Waals surface area contributed by atoms with Gasteiger partial charge < -0.3 is 10.4 Å². The Hall–Kier alpha value is -0.940. The molecule has 2 N–H and O–H groups in total. The van der Waals surface area contributed by atoms with E-state index in [4.69, 9.17) is 0 Å². The predicted octanol–water partition coefficient (Wildman–Crippen LogP) is 2.91. The lowest BCUT2D eigenvalue weighted by Crippen LogP contribution is -2.41. The summed E-state index contributed by atoms with van der Waals surface area (Å²) in [6, 6.07) is 3.49. The van der Waals surface area contributed by atoms with Crippen LogP contribution in [0.4, 0.5) is 0 Å². The maximum atomic E-state index is 12.3. The summed E-state index contributed by atoms with van der Waals surface area (Å²) in [7, 11) is 0. The molecule has 1 aliphatic rings. The maximum absolute atomic E-state index is 12.3. The summed E-state index contributed by atoms with van der Waals surface area (Å²) in [5, 5.41) is 12.3. The highest BCUT2D eigenvalue weighted by atomic mass is 79.9. The number of nitrogens with zero attached hydrogens (tertiary/aromatic N) is 1. The Morgan fingerprint density at radius 2 is 2.20 bits per heavy atom. The molecule has 0 aromatic carbocycles. The molecule has 1 aromatic rings. The summed E-state index contributed by atoms with van der Waals surface area (Å²) in [6.45, 7) is 0.113. The first-order valence-corrected chi connectivity index (χ1v) is 8.03. The summed E-state index contributed by atoms with van der Waals surface area (Å²) < 4.78 is 0.654. The number of nitrogens with one attached hydrogen (secondary N) is 1. The van der Waals surface area contributed by atoms with Crippen molar-refractivity contribution in [1.82, 2.24) is 10.3 Å². The molecule has 1 saturated carbocycles. The van der Waals surface area contributed by atoms with Gasteiger partial charge in [-0.15, -0.1) is 0 Å². The minimum atomic E-state index is -0.0860. The molecule has 1 aliphatic carbocycles. The number of carbonyl (C=O) groups is 1. The van der Waals surface area contributed by atoms with Gasteiger partial charge >= 0.3 is 0 Å². The van der Waals surface area contributed by atoms with Gasteiger partial charge in [-0.1, -0.05) is 19.3 Å². The third kappa shape index (κ3) is 4.28. The van der Waals surface area contributed by atoms with Crippen LogP contribution in [0.15, 0.2) is 22.9 Å². The van der Waals surface area contributed by atoms with Crippen LogP contribution in [0.3, 0.4) is 0 Å². The molecule has 1 aromatic heterocycles. The van der Waals surface area contributed by atoms with Crippen LogP contribution >= 0.6 is 15.9 Å². The molecule has 5 heteroatoms. The summed E-state index contributed by atoms with van der Waals surface area (Å²) in [4.78, 5) is 16.3. The van der Waals surface area contributed by atoms with Crippen LogP contribution in [-0.2, 0) is 0 Å². The molecule has 0 saturated heterocycles. The van der Waals surface area contributed by atoms with E-state index >= 15 is 0 Å². The van der Waals surface area contributed by atoms with Crippen molar-refractivity contribution in [3.8, 4) is 0 Å². The Labute approximate surface area is 128 Å². The fourth-order valence-electron chi connectivity index (χ4n) is 2.90. The number of rotatable bonds is 5. The van der Waals surface area contributed by atoms with Gasteiger partial charge in [-0.05, 0) is 53.2 Å². The van der Waals surface area contributed by atoms with Gasteiger partial charge in [0.25, 0.3) is 5.91 Å². The molecule has 110 valence electrons. The van der Waals surface area contributed by atoms with Gasteiger partial charge in [0.1, 0.15) is 4.60 Å². The molecule has 1 unspecified atom stereocenters. The molecule has 1 atom stereocenters. The van der Waals surface area contributed by atoms with E-state index in [1.807, 2.05) is 0 Å². The van der Waals surface area contributed by atoms with Crippen LogP contribution in [0.5, 0.6) is 0 Å². The second-order valence-corrected chi connectivity index (χ2v) is 6.17. The number of aromatic nitrogens is 1. The Morgan fingerprint density at radius 3 is 2.85 bits per heavy atom. The monoisotopic (exact) mass is 340 g/mol. The first-order chi connectivity index (χ1) is 9.70. The van der Waals surface area contributed by atoms with Gasteiger partial charge in [0.15, 0.2) is 0 Å². The average Bonchev–Trinajstić information content (AvgIpc) is 2.47. The van der Waals surface area contributed by atoms with E-state index in [9.17, 15) is 9.90 Å². The lowest BCUT2D eigenvalue weighted by Gasteiger charge is -2.30. The normalized spacial score (nSPS) is 17.7. The van der Waals surface area contributed by atoms with Crippen molar-refractivity contribution in [2.75, 3.05) is 6.61 Å². The van der Waals surface area contributed by atoms with Crippen LogP contribution in [0.1, 0.15) is 48.9 Å². The number of aliphatic hydroxyl groups is 1. The molecular weight excluding hydrogens is 320 g/mol. The number of carbonyl (C=O) groups excluding carboxylic acids is 1. The van der Waals surface area contributed by atoms with E-state index < -0.39 is 0 Å². The van der Waals surface area contributed by atoms with Crippen LogP contribution in [0.25, 0.3) is 0 Å². The maximum Gasteiger partial charge on any atom is 0.251 e. The number of pyridine rings is 1. The SMILES string of the molecule is O=C(NC(CCO)C1CCCCC1)c1ccnc(Br)c1. The van der Waals surface area contributed by atoms with Crippen LogP contribution in [0.2, 0.25) is 0 Å². The van der Waals surface area contributed by atoms with Gasteiger partial charge in [0, 0.05) is 24.4 Å². The molecule has 0 bridgehead atoms. The Kier molecular flexibility index (Phi) is 5.98. The summed E-state index contributed by atoms with van der Waals surface area (Å²) in [5.41, 5.74) is 0.602. The fraction of sp³-hybridized carbons (Fsp3) is 0.600. The average molecular weight is 341 g/mol. The van der Waals surface area contributed by atoms with Crippen molar-refractivity contribution in [3.63, 3.8) is 0 Å². The quantitative estimate of drug-likeness (QED) is 0.810. The molecule has 1 fully saturated rings. The third-order valence-electron chi connectivity index (χ3n) is 3.96. The highest BCUT2D eigenvalue weighted by Crippen LogP contribution is 2.28. The summed E-state index contributed by atoms with van der Waals surface area (Å²) in [5.74, 6) is 0.405. The lowest BCUT2D eigenvalue weighted by molar-refractivity contribution is 0.0899. The second kappa shape index (κ2) is 7.74. The Balaban J connectivity index is 2.01. The predicted molar refractivity (Wildman–Crippen MR) is 81.5 cm³/mol. The largest absolute Gasteiger partial charge is 0.396 e. The first-order valence-electron chi connectivity index (χ1n) is 7.24. The molecule has 0 radical (unpaired) electrons. The Morgan fingerprint density at radius 1 is 1.45 bits per heavy atom. The standard InChI is InChI=1S/C15H21BrN2O2/c16-14-10-12(6-8-17-14)15(20)18-13(7-9-19)11-4-2-1-3-5-11/h6,8,10-11,13,19H,1-5,7,9H2,(H,18,20). The van der Waals surface area contributed by atoms with Gasteiger partial charge in [-0.3, -0.25) is 4.79 Å². The highest BCUT2D eigenvalue weighted by molar-refractivity contribution is 9.10. The minimum absolute atomic E-state index is 0.0692. The molecule has 4 nitrogen and oxygen atoms in total. The van der Waals surface area contributed by atoms with Crippen molar-refractivity contribution in [2.45, 2.75) is 44.6 Å². The Bertz CT molecular complexity index is 447. The first kappa shape index (κ1) is 15.4. The van der Waals surface area contributed by atoms with E-state index in [1.54, 1.807) is 18.3 Å². The van der Waals surface area contributed by atoms with E-state index in [0.29, 0.717) is 22.5 Å². The number of amides is 1. The molecule has 2 rings (SSSR count). The van der Waals surface area contributed by atoms with Crippen LogP contribution < -0.4 is 5.32 Å². The van der Waals surface area contributed by atoms with Crippen molar-refractivity contribution in [1.29, 1.82) is 0 Å². The zero-order valence-electron chi connectivity index (χ0n) is 11.5. The molecule has 1 amide bonds. The van der Waals surface area contributed by atoms with Crippen molar-refractivity contribution >= 4 is 21.8 Å². The van der Waals surface area contributed by atoms with Gasteiger partial charge in [0.05, 0.1) is 0 Å². The zero-order chi connectivity index (χ0) is 14.4.